The molecule has 2 aromatic carbocycles. The maximum absolute atomic E-state index is 12.3. The number of likely N-dealkylation sites (tertiary alicyclic amines) is 1. The van der Waals surface area contributed by atoms with Crippen LogP contribution in [0, 0.1) is 0 Å². The average molecular weight is 372 g/mol. The largest absolute Gasteiger partial charge is 0.339 e. The van der Waals surface area contributed by atoms with Crippen LogP contribution in [0.2, 0.25) is 5.02 Å². The molecule has 0 spiro atoms. The van der Waals surface area contributed by atoms with Crippen molar-refractivity contribution < 1.29 is 9.59 Å². The number of urea groups is 1. The van der Waals surface area contributed by atoms with Crippen LogP contribution in [-0.4, -0.2) is 29.9 Å². The summed E-state index contributed by atoms with van der Waals surface area (Å²) in [6, 6.07) is 13.9. The summed E-state index contributed by atoms with van der Waals surface area (Å²) in [6.07, 6.45) is 2.13. The maximum atomic E-state index is 12.3. The Bertz CT molecular complexity index is 786. The van der Waals surface area contributed by atoms with Crippen molar-refractivity contribution in [1.29, 1.82) is 0 Å². The number of nitrogens with zero attached hydrogens (tertiary/aromatic N) is 1. The Balaban J connectivity index is 1.56. The van der Waals surface area contributed by atoms with Crippen molar-refractivity contribution in [1.82, 2.24) is 10.2 Å². The van der Waals surface area contributed by atoms with E-state index in [0.717, 1.165) is 31.5 Å². The number of rotatable bonds is 4. The molecule has 0 aromatic heterocycles. The smallest absolute Gasteiger partial charge is 0.319 e. The number of carbonyl (C=O) groups is 2. The van der Waals surface area contributed by atoms with Gasteiger partial charge in [0.05, 0.1) is 6.04 Å². The van der Waals surface area contributed by atoms with E-state index in [1.807, 2.05) is 30.0 Å². The first-order chi connectivity index (χ1) is 12.5. The number of hydrogen-bond acceptors (Lipinski definition) is 2. The van der Waals surface area contributed by atoms with Crippen molar-refractivity contribution in [3.05, 3.63) is 64.7 Å². The van der Waals surface area contributed by atoms with Crippen molar-refractivity contribution in [3.63, 3.8) is 0 Å². The van der Waals surface area contributed by atoms with Crippen molar-refractivity contribution >= 4 is 29.2 Å². The summed E-state index contributed by atoms with van der Waals surface area (Å²) in [6.45, 7) is 3.54. The molecule has 1 saturated heterocycles. The zero-order valence-corrected chi connectivity index (χ0v) is 15.4. The molecule has 2 N–H and O–H groups in total. The molecule has 136 valence electrons. The molecule has 2 aromatic rings. The van der Waals surface area contributed by atoms with E-state index < -0.39 is 0 Å². The Morgan fingerprint density at radius 2 is 1.77 bits per heavy atom. The Kier molecular flexibility index (Phi) is 5.78. The second kappa shape index (κ2) is 8.23. The lowest BCUT2D eigenvalue weighted by atomic mass is 10.1. The fraction of sp³-hybridized carbons (Fsp3) is 0.300. The van der Waals surface area contributed by atoms with E-state index in [1.54, 1.807) is 30.3 Å². The van der Waals surface area contributed by atoms with Crippen LogP contribution in [-0.2, 0) is 0 Å². The molecule has 0 aliphatic carbocycles. The molecule has 0 bridgehead atoms. The standard InChI is InChI=1S/C20H22ClN3O2/c1-14(16-5-4-6-17(21)13-16)22-20(26)23-18-9-7-15(8-10-18)19(25)24-11-2-3-12-24/h4-10,13-14H,2-3,11-12H2,1H3,(H2,22,23,26). The molecule has 1 fully saturated rings. The monoisotopic (exact) mass is 371 g/mol. The summed E-state index contributed by atoms with van der Waals surface area (Å²) in [5.41, 5.74) is 2.21. The first-order valence-electron chi connectivity index (χ1n) is 8.75. The van der Waals surface area contributed by atoms with Crippen molar-refractivity contribution in [3.8, 4) is 0 Å². The summed E-state index contributed by atoms with van der Waals surface area (Å²) >= 11 is 5.98. The minimum absolute atomic E-state index is 0.0491. The maximum Gasteiger partial charge on any atom is 0.319 e. The SMILES string of the molecule is CC(NC(=O)Nc1ccc(C(=O)N2CCCC2)cc1)c1cccc(Cl)c1. The van der Waals surface area contributed by atoms with Crippen LogP contribution in [0.5, 0.6) is 0 Å². The molecule has 1 heterocycles. The number of amides is 3. The first kappa shape index (κ1) is 18.3. The highest BCUT2D eigenvalue weighted by molar-refractivity contribution is 6.30. The predicted octanol–water partition coefficient (Wildman–Crippen LogP) is 4.46. The van der Waals surface area contributed by atoms with Gasteiger partial charge in [0.2, 0.25) is 0 Å². The Labute approximate surface area is 158 Å². The zero-order valence-electron chi connectivity index (χ0n) is 14.7. The third kappa shape index (κ3) is 4.55. The highest BCUT2D eigenvalue weighted by Gasteiger charge is 2.19. The van der Waals surface area contributed by atoms with Crippen LogP contribution in [0.25, 0.3) is 0 Å². The number of benzene rings is 2. The van der Waals surface area contributed by atoms with Crippen LogP contribution in [0.3, 0.4) is 0 Å². The summed E-state index contributed by atoms with van der Waals surface area (Å²) in [4.78, 5) is 26.4. The molecule has 0 radical (unpaired) electrons. The van der Waals surface area contributed by atoms with Crippen LogP contribution in [0.1, 0.15) is 41.7 Å². The average Bonchev–Trinajstić information content (AvgIpc) is 3.16. The van der Waals surface area contributed by atoms with Gasteiger partial charge in [0, 0.05) is 29.4 Å². The van der Waals surface area contributed by atoms with Crippen LogP contribution >= 0.6 is 11.6 Å². The van der Waals surface area contributed by atoms with Gasteiger partial charge in [-0.2, -0.15) is 0 Å². The topological polar surface area (TPSA) is 61.4 Å². The van der Waals surface area contributed by atoms with Gasteiger partial charge in [-0.1, -0.05) is 23.7 Å². The Morgan fingerprint density at radius 3 is 2.42 bits per heavy atom. The predicted molar refractivity (Wildman–Crippen MR) is 104 cm³/mol. The molecule has 1 aliphatic rings. The fourth-order valence-corrected chi connectivity index (χ4v) is 3.22. The van der Waals surface area contributed by atoms with E-state index in [1.165, 1.54) is 0 Å². The van der Waals surface area contributed by atoms with Gasteiger partial charge in [-0.15, -0.1) is 0 Å². The van der Waals surface area contributed by atoms with Crippen molar-refractivity contribution in [2.75, 3.05) is 18.4 Å². The summed E-state index contributed by atoms with van der Waals surface area (Å²) in [5, 5.41) is 6.29. The lowest BCUT2D eigenvalue weighted by molar-refractivity contribution is 0.0793. The second-order valence-corrected chi connectivity index (χ2v) is 6.89. The number of halogens is 1. The fourth-order valence-electron chi connectivity index (χ4n) is 3.02. The number of nitrogens with one attached hydrogen (secondary N) is 2. The molecule has 5 nitrogen and oxygen atoms in total. The Morgan fingerprint density at radius 1 is 1.08 bits per heavy atom. The van der Waals surface area contributed by atoms with E-state index in [9.17, 15) is 9.59 Å². The molecule has 6 heteroatoms. The van der Waals surface area contributed by atoms with Crippen molar-refractivity contribution in [2.45, 2.75) is 25.8 Å². The summed E-state index contributed by atoms with van der Waals surface area (Å²) in [7, 11) is 0. The van der Waals surface area contributed by atoms with E-state index in [2.05, 4.69) is 10.6 Å². The van der Waals surface area contributed by atoms with Gasteiger partial charge < -0.3 is 15.5 Å². The second-order valence-electron chi connectivity index (χ2n) is 6.45. The molecule has 3 rings (SSSR count). The van der Waals surface area contributed by atoms with Crippen LogP contribution in [0.4, 0.5) is 10.5 Å². The minimum Gasteiger partial charge on any atom is -0.339 e. The number of anilines is 1. The number of hydrogen-bond donors (Lipinski definition) is 2. The molecular formula is C20H22ClN3O2. The van der Waals surface area contributed by atoms with Gasteiger partial charge in [0.15, 0.2) is 0 Å². The van der Waals surface area contributed by atoms with Gasteiger partial charge in [-0.05, 0) is 61.7 Å². The minimum atomic E-state index is -0.309. The van der Waals surface area contributed by atoms with E-state index in [4.69, 9.17) is 11.6 Å². The van der Waals surface area contributed by atoms with Gasteiger partial charge in [0.1, 0.15) is 0 Å². The van der Waals surface area contributed by atoms with E-state index in [0.29, 0.717) is 16.3 Å². The molecule has 3 amide bonds. The summed E-state index contributed by atoms with van der Waals surface area (Å²) in [5.74, 6) is 0.0491. The van der Waals surface area contributed by atoms with E-state index >= 15 is 0 Å². The van der Waals surface area contributed by atoms with Gasteiger partial charge >= 0.3 is 6.03 Å². The molecule has 1 unspecified atom stereocenters. The lowest BCUT2D eigenvalue weighted by Crippen LogP contribution is -2.31. The summed E-state index contributed by atoms with van der Waals surface area (Å²) < 4.78 is 0. The zero-order chi connectivity index (χ0) is 18.5. The van der Waals surface area contributed by atoms with E-state index in [-0.39, 0.29) is 18.0 Å². The van der Waals surface area contributed by atoms with Gasteiger partial charge in [0.25, 0.3) is 5.91 Å². The molecule has 26 heavy (non-hydrogen) atoms. The molecule has 1 atom stereocenters. The molecule has 0 saturated carbocycles. The van der Waals surface area contributed by atoms with Crippen LogP contribution < -0.4 is 10.6 Å². The highest BCUT2D eigenvalue weighted by Crippen LogP contribution is 2.18. The van der Waals surface area contributed by atoms with Crippen molar-refractivity contribution in [2.24, 2.45) is 0 Å². The third-order valence-corrected chi connectivity index (χ3v) is 4.71. The quantitative estimate of drug-likeness (QED) is 0.833. The molecular weight excluding hydrogens is 350 g/mol. The Hall–Kier alpha value is -2.53. The molecule has 1 aliphatic heterocycles. The van der Waals surface area contributed by atoms with Crippen LogP contribution in [0.15, 0.2) is 48.5 Å². The normalized spacial score (nSPS) is 14.8. The lowest BCUT2D eigenvalue weighted by Gasteiger charge is -2.16. The number of carbonyl (C=O) groups excluding carboxylic acids is 2. The van der Waals surface area contributed by atoms with Gasteiger partial charge in [-0.25, -0.2) is 4.79 Å². The third-order valence-electron chi connectivity index (χ3n) is 4.48. The highest BCUT2D eigenvalue weighted by atomic mass is 35.5. The van der Waals surface area contributed by atoms with Gasteiger partial charge in [-0.3, -0.25) is 4.79 Å². The first-order valence-corrected chi connectivity index (χ1v) is 9.13.